The van der Waals surface area contributed by atoms with Gasteiger partial charge in [0.15, 0.2) is 5.79 Å². The fraction of sp³-hybridized carbons (Fsp3) is 0.545. The third-order valence-electron chi connectivity index (χ3n) is 5.56. The zero-order valence-corrected chi connectivity index (χ0v) is 17.5. The molecule has 2 amide bonds. The molecule has 0 saturated carbocycles. The maximum absolute atomic E-state index is 13.5. The van der Waals surface area contributed by atoms with Crippen molar-refractivity contribution in [3.63, 3.8) is 0 Å². The third kappa shape index (κ3) is 3.82. The summed E-state index contributed by atoms with van der Waals surface area (Å²) in [5.74, 6) is -1.46. The summed E-state index contributed by atoms with van der Waals surface area (Å²) in [6, 6.07) is 8.66. The van der Waals surface area contributed by atoms with Crippen LogP contribution >= 0.6 is 0 Å². The summed E-state index contributed by atoms with van der Waals surface area (Å²) < 4.78 is 16.9. The first-order valence-corrected chi connectivity index (χ1v) is 9.75. The van der Waals surface area contributed by atoms with E-state index in [1.807, 2.05) is 30.3 Å². The first-order chi connectivity index (χ1) is 13.5. The predicted molar refractivity (Wildman–Crippen MR) is 106 cm³/mol. The maximum atomic E-state index is 13.5. The van der Waals surface area contributed by atoms with E-state index in [-0.39, 0.29) is 0 Å². The zero-order chi connectivity index (χ0) is 21.6. The minimum absolute atomic E-state index is 0.507. The van der Waals surface area contributed by atoms with Crippen molar-refractivity contribution in [1.29, 1.82) is 0 Å². The molecule has 29 heavy (non-hydrogen) atoms. The van der Waals surface area contributed by atoms with Crippen LogP contribution in [0.25, 0.3) is 0 Å². The molecule has 0 radical (unpaired) electrons. The number of aliphatic hydroxyl groups excluding tert-OH is 1. The molecule has 5 atom stereocenters. The van der Waals surface area contributed by atoms with Gasteiger partial charge in [-0.2, -0.15) is 0 Å². The Morgan fingerprint density at radius 2 is 1.90 bits per heavy atom. The van der Waals surface area contributed by atoms with Crippen LogP contribution in [-0.2, 0) is 19.0 Å². The number of rotatable bonds is 5. The summed E-state index contributed by atoms with van der Waals surface area (Å²) in [5.41, 5.74) is -0.554. The average Bonchev–Trinajstić information content (AvgIpc) is 3.15. The number of benzene rings is 1. The minimum atomic E-state index is -1.34. The highest BCUT2D eigenvalue weighted by Crippen LogP contribution is 2.41. The van der Waals surface area contributed by atoms with Crippen molar-refractivity contribution in [2.24, 2.45) is 5.41 Å². The molecule has 1 aromatic carbocycles. The Morgan fingerprint density at radius 1 is 1.28 bits per heavy atom. The third-order valence-corrected chi connectivity index (χ3v) is 5.56. The van der Waals surface area contributed by atoms with Crippen LogP contribution in [0.3, 0.4) is 0 Å². The fourth-order valence-corrected chi connectivity index (χ4v) is 3.97. The van der Waals surface area contributed by atoms with Crippen LogP contribution in [0.2, 0.25) is 0 Å². The number of ether oxygens (including phenoxy) is 3. The van der Waals surface area contributed by atoms with E-state index >= 15 is 0 Å². The van der Waals surface area contributed by atoms with Gasteiger partial charge in [0.25, 0.3) is 0 Å². The van der Waals surface area contributed by atoms with Crippen LogP contribution in [0.5, 0.6) is 0 Å². The van der Waals surface area contributed by atoms with Crippen molar-refractivity contribution in [2.45, 2.75) is 70.9 Å². The second-order valence-electron chi connectivity index (χ2n) is 8.59. The Labute approximate surface area is 171 Å². The van der Waals surface area contributed by atoms with Crippen molar-refractivity contribution >= 4 is 12.0 Å². The monoisotopic (exact) mass is 403 g/mol. The molecule has 0 aliphatic carbocycles. The van der Waals surface area contributed by atoms with E-state index in [1.165, 1.54) is 0 Å². The first-order valence-electron chi connectivity index (χ1n) is 9.75. The van der Waals surface area contributed by atoms with Gasteiger partial charge in [-0.25, -0.2) is 9.69 Å². The van der Waals surface area contributed by atoms with Crippen LogP contribution in [0.15, 0.2) is 43.0 Å². The summed E-state index contributed by atoms with van der Waals surface area (Å²) >= 11 is 0. The lowest BCUT2D eigenvalue weighted by molar-refractivity contribution is -0.170. The van der Waals surface area contributed by atoms with Gasteiger partial charge in [0.2, 0.25) is 5.91 Å². The smallest absolute Gasteiger partial charge is 0.417 e. The Morgan fingerprint density at radius 3 is 2.48 bits per heavy atom. The number of cyclic esters (lactones) is 1. The van der Waals surface area contributed by atoms with E-state index in [1.54, 1.807) is 40.7 Å². The Hall–Kier alpha value is -2.22. The molecule has 0 spiro atoms. The SMILES string of the molecule is C=C[C@@H]1OC(C)(C)O[C@@H]1[C@@H](O)C(C)(C)C(=O)N1C(=O)O[C@@H](C)[C@H]1c1ccccc1. The van der Waals surface area contributed by atoms with Crippen molar-refractivity contribution < 1.29 is 28.9 Å². The van der Waals surface area contributed by atoms with Crippen LogP contribution in [0.1, 0.15) is 46.2 Å². The van der Waals surface area contributed by atoms with Gasteiger partial charge in [-0.3, -0.25) is 4.79 Å². The lowest BCUT2D eigenvalue weighted by Crippen LogP contribution is -2.54. The van der Waals surface area contributed by atoms with Gasteiger partial charge < -0.3 is 19.3 Å². The number of nitrogens with zero attached hydrogens (tertiary/aromatic N) is 1. The number of hydrogen-bond donors (Lipinski definition) is 1. The van der Waals surface area contributed by atoms with E-state index < -0.39 is 53.7 Å². The maximum Gasteiger partial charge on any atom is 0.417 e. The van der Waals surface area contributed by atoms with Gasteiger partial charge in [-0.05, 0) is 40.2 Å². The average molecular weight is 403 g/mol. The number of amides is 2. The van der Waals surface area contributed by atoms with Gasteiger partial charge in [0.1, 0.15) is 24.4 Å². The van der Waals surface area contributed by atoms with Gasteiger partial charge >= 0.3 is 6.09 Å². The topological polar surface area (TPSA) is 85.3 Å². The van der Waals surface area contributed by atoms with Crippen molar-refractivity contribution in [3.05, 3.63) is 48.6 Å². The van der Waals surface area contributed by atoms with Crippen LogP contribution in [-0.4, -0.2) is 52.2 Å². The Kier molecular flexibility index (Phi) is 5.60. The van der Waals surface area contributed by atoms with E-state index in [2.05, 4.69) is 6.58 Å². The summed E-state index contributed by atoms with van der Waals surface area (Å²) in [6.07, 6.45) is -2.30. The molecule has 1 aromatic rings. The number of carbonyl (C=O) groups excluding carboxylic acids is 2. The molecule has 158 valence electrons. The number of hydrogen-bond acceptors (Lipinski definition) is 6. The molecule has 2 fully saturated rings. The second-order valence-corrected chi connectivity index (χ2v) is 8.59. The summed E-state index contributed by atoms with van der Waals surface area (Å²) in [5, 5.41) is 11.1. The zero-order valence-electron chi connectivity index (χ0n) is 17.5. The molecule has 7 nitrogen and oxygen atoms in total. The van der Waals surface area contributed by atoms with E-state index in [0.29, 0.717) is 0 Å². The Bertz CT molecular complexity index is 790. The van der Waals surface area contributed by atoms with Gasteiger partial charge in [-0.1, -0.05) is 36.4 Å². The molecule has 2 heterocycles. The van der Waals surface area contributed by atoms with Gasteiger partial charge in [0, 0.05) is 0 Å². The molecule has 0 unspecified atom stereocenters. The Balaban J connectivity index is 1.90. The largest absolute Gasteiger partial charge is 0.443 e. The fourth-order valence-electron chi connectivity index (χ4n) is 3.97. The lowest BCUT2D eigenvalue weighted by atomic mass is 9.80. The normalized spacial score (nSPS) is 30.1. The highest BCUT2D eigenvalue weighted by atomic mass is 16.8. The highest BCUT2D eigenvalue weighted by Gasteiger charge is 2.55. The molecule has 1 N–H and O–H groups in total. The predicted octanol–water partition coefficient (Wildman–Crippen LogP) is 3.19. The van der Waals surface area contributed by atoms with Crippen molar-refractivity contribution in [3.8, 4) is 0 Å². The summed E-state index contributed by atoms with van der Waals surface area (Å²) in [7, 11) is 0. The number of carbonyl (C=O) groups is 2. The van der Waals surface area contributed by atoms with Crippen LogP contribution < -0.4 is 0 Å². The van der Waals surface area contributed by atoms with E-state index in [4.69, 9.17) is 14.2 Å². The molecule has 0 bridgehead atoms. The summed E-state index contributed by atoms with van der Waals surface area (Å²) in [4.78, 5) is 27.2. The quantitative estimate of drug-likeness (QED) is 0.760. The molecule has 3 rings (SSSR count). The lowest BCUT2D eigenvalue weighted by Gasteiger charge is -2.37. The number of imide groups is 1. The van der Waals surface area contributed by atoms with E-state index in [9.17, 15) is 14.7 Å². The minimum Gasteiger partial charge on any atom is -0.443 e. The van der Waals surface area contributed by atoms with Gasteiger partial charge in [-0.15, -0.1) is 6.58 Å². The summed E-state index contributed by atoms with van der Waals surface area (Å²) in [6.45, 7) is 12.1. The standard InChI is InChI=1S/C22H29NO6/c1-7-15-17(29-22(5,6)28-15)18(24)21(3,4)19(25)23-16(13(2)27-20(23)26)14-11-9-8-10-12-14/h7-13,15-18,24H,1H2,2-6H3/t13-,15-,16-,17-,18+/m0/s1. The molecule has 2 saturated heterocycles. The van der Waals surface area contributed by atoms with Crippen LogP contribution in [0.4, 0.5) is 4.79 Å². The first kappa shape index (κ1) is 21.5. The highest BCUT2D eigenvalue weighted by molar-refractivity contribution is 5.97. The van der Waals surface area contributed by atoms with Crippen molar-refractivity contribution in [1.82, 2.24) is 4.90 Å². The molecule has 7 heteroatoms. The molecule has 2 aliphatic heterocycles. The van der Waals surface area contributed by atoms with E-state index in [0.717, 1.165) is 10.5 Å². The molecule has 2 aliphatic rings. The van der Waals surface area contributed by atoms with Gasteiger partial charge in [0.05, 0.1) is 11.5 Å². The second kappa shape index (κ2) is 7.55. The molecular weight excluding hydrogens is 374 g/mol. The molecule has 0 aromatic heterocycles. The van der Waals surface area contributed by atoms with Crippen LogP contribution in [0, 0.1) is 5.41 Å². The van der Waals surface area contributed by atoms with Crippen molar-refractivity contribution in [2.75, 3.05) is 0 Å². The molecular formula is C22H29NO6. The number of aliphatic hydroxyl groups is 1.